The molecule has 0 saturated heterocycles. The zero-order valence-corrected chi connectivity index (χ0v) is 7.40. The second kappa shape index (κ2) is 3.54. The summed E-state index contributed by atoms with van der Waals surface area (Å²) in [6.07, 6.45) is 2.75. The van der Waals surface area contributed by atoms with Crippen LogP contribution in [0.2, 0.25) is 0 Å². The molecule has 13 heavy (non-hydrogen) atoms. The van der Waals surface area contributed by atoms with E-state index in [1.807, 2.05) is 18.3 Å². The minimum atomic E-state index is 0.700. The lowest BCUT2D eigenvalue weighted by molar-refractivity contribution is 0.971. The van der Waals surface area contributed by atoms with E-state index in [2.05, 4.69) is 23.2 Å². The smallest absolute Gasteiger partial charge is 0.0702 e. The summed E-state index contributed by atoms with van der Waals surface area (Å²) < 4.78 is 0. The summed E-state index contributed by atoms with van der Waals surface area (Å²) in [6, 6.07) is 10.3. The molecule has 0 aliphatic rings. The molecule has 1 heterocycles. The van der Waals surface area contributed by atoms with Gasteiger partial charge in [0.25, 0.3) is 0 Å². The minimum Gasteiger partial charge on any atom is -0.330 e. The van der Waals surface area contributed by atoms with Gasteiger partial charge < -0.3 is 5.73 Å². The fraction of sp³-hybridized carbons (Fsp3) is 0.182. The van der Waals surface area contributed by atoms with Gasteiger partial charge in [0, 0.05) is 11.6 Å². The van der Waals surface area contributed by atoms with Crippen LogP contribution in [0.5, 0.6) is 0 Å². The molecule has 1 aromatic carbocycles. The number of aromatic nitrogens is 1. The van der Waals surface area contributed by atoms with Crippen molar-refractivity contribution in [3.8, 4) is 0 Å². The molecule has 2 rings (SSSR count). The Morgan fingerprint density at radius 3 is 3.00 bits per heavy atom. The first-order valence-corrected chi connectivity index (χ1v) is 4.44. The summed E-state index contributed by atoms with van der Waals surface area (Å²) >= 11 is 0. The predicted octanol–water partition coefficient (Wildman–Crippen LogP) is 1.74. The van der Waals surface area contributed by atoms with E-state index < -0.39 is 0 Å². The molecule has 66 valence electrons. The van der Waals surface area contributed by atoms with Gasteiger partial charge in [0.1, 0.15) is 0 Å². The van der Waals surface area contributed by atoms with Gasteiger partial charge in [-0.3, -0.25) is 4.98 Å². The summed E-state index contributed by atoms with van der Waals surface area (Å²) in [6.45, 7) is 0.700. The summed E-state index contributed by atoms with van der Waals surface area (Å²) in [5.74, 6) is 0. The van der Waals surface area contributed by atoms with Crippen molar-refractivity contribution in [1.82, 2.24) is 4.98 Å². The molecule has 0 radical (unpaired) electrons. The first-order chi connectivity index (χ1) is 6.40. The van der Waals surface area contributed by atoms with Crippen molar-refractivity contribution in [3.63, 3.8) is 0 Å². The zero-order valence-electron chi connectivity index (χ0n) is 7.40. The van der Waals surface area contributed by atoms with Crippen molar-refractivity contribution in [3.05, 3.63) is 42.1 Å². The molecule has 1 aromatic heterocycles. The number of fused-ring (bicyclic) bond motifs is 1. The average molecular weight is 172 g/mol. The highest BCUT2D eigenvalue weighted by Gasteiger charge is 1.95. The van der Waals surface area contributed by atoms with Crippen LogP contribution in [0.25, 0.3) is 10.9 Å². The zero-order chi connectivity index (χ0) is 9.10. The van der Waals surface area contributed by atoms with E-state index in [-0.39, 0.29) is 0 Å². The molecule has 0 aliphatic carbocycles. The van der Waals surface area contributed by atoms with Crippen LogP contribution in [-0.2, 0) is 6.42 Å². The van der Waals surface area contributed by atoms with Gasteiger partial charge in [-0.1, -0.05) is 12.1 Å². The lowest BCUT2D eigenvalue weighted by Gasteiger charge is -2.00. The Kier molecular flexibility index (Phi) is 2.23. The second-order valence-electron chi connectivity index (χ2n) is 3.07. The molecule has 0 unspecified atom stereocenters. The van der Waals surface area contributed by atoms with Crippen molar-refractivity contribution in [2.24, 2.45) is 5.73 Å². The fourth-order valence-corrected chi connectivity index (χ4v) is 1.45. The average Bonchev–Trinajstić information content (AvgIpc) is 2.18. The monoisotopic (exact) mass is 172 g/mol. The van der Waals surface area contributed by atoms with E-state index in [1.54, 1.807) is 0 Å². The minimum absolute atomic E-state index is 0.700. The molecule has 2 aromatic rings. The molecule has 0 bridgehead atoms. The van der Waals surface area contributed by atoms with Gasteiger partial charge in [-0.05, 0) is 36.7 Å². The van der Waals surface area contributed by atoms with Gasteiger partial charge in [0.2, 0.25) is 0 Å². The van der Waals surface area contributed by atoms with Gasteiger partial charge in [-0.15, -0.1) is 0 Å². The number of nitrogens with zero attached hydrogens (tertiary/aromatic N) is 1. The van der Waals surface area contributed by atoms with Crippen LogP contribution in [0.1, 0.15) is 5.56 Å². The summed E-state index contributed by atoms with van der Waals surface area (Å²) in [5.41, 5.74) is 7.81. The van der Waals surface area contributed by atoms with Crippen LogP contribution in [0.15, 0.2) is 36.5 Å². The molecule has 2 nitrogen and oxygen atoms in total. The van der Waals surface area contributed by atoms with Crippen molar-refractivity contribution < 1.29 is 0 Å². The number of rotatable bonds is 2. The highest BCUT2D eigenvalue weighted by atomic mass is 14.6. The predicted molar refractivity (Wildman–Crippen MR) is 54.5 cm³/mol. The molecule has 2 heteroatoms. The lowest BCUT2D eigenvalue weighted by atomic mass is 10.1. The van der Waals surface area contributed by atoms with E-state index >= 15 is 0 Å². The molecular weight excluding hydrogens is 160 g/mol. The SMILES string of the molecule is NCCc1ccc2ncccc2c1. The summed E-state index contributed by atoms with van der Waals surface area (Å²) in [4.78, 5) is 4.25. The Bertz CT molecular complexity index is 410. The van der Waals surface area contributed by atoms with Crippen LogP contribution in [0.4, 0.5) is 0 Å². The third-order valence-electron chi connectivity index (χ3n) is 2.10. The van der Waals surface area contributed by atoms with Crippen molar-refractivity contribution >= 4 is 10.9 Å². The van der Waals surface area contributed by atoms with Crippen LogP contribution < -0.4 is 5.73 Å². The van der Waals surface area contributed by atoms with E-state index in [1.165, 1.54) is 10.9 Å². The summed E-state index contributed by atoms with van der Waals surface area (Å²) in [7, 11) is 0. The highest BCUT2D eigenvalue weighted by Crippen LogP contribution is 2.13. The van der Waals surface area contributed by atoms with Crippen LogP contribution in [-0.4, -0.2) is 11.5 Å². The lowest BCUT2D eigenvalue weighted by Crippen LogP contribution is -2.02. The standard InChI is InChI=1S/C11H12N2/c12-6-5-9-3-4-11-10(8-9)2-1-7-13-11/h1-4,7-8H,5-6,12H2. The largest absolute Gasteiger partial charge is 0.330 e. The maximum atomic E-state index is 5.49. The van der Waals surface area contributed by atoms with Gasteiger partial charge in [-0.25, -0.2) is 0 Å². The van der Waals surface area contributed by atoms with Crippen molar-refractivity contribution in [2.45, 2.75) is 6.42 Å². The normalized spacial score (nSPS) is 10.5. The van der Waals surface area contributed by atoms with E-state index in [4.69, 9.17) is 5.73 Å². The third-order valence-corrected chi connectivity index (χ3v) is 2.10. The Morgan fingerprint density at radius 2 is 2.15 bits per heavy atom. The number of hydrogen-bond acceptors (Lipinski definition) is 2. The Hall–Kier alpha value is -1.41. The molecule has 0 spiro atoms. The Labute approximate surface area is 77.4 Å². The Balaban J connectivity index is 2.49. The first kappa shape index (κ1) is 8.20. The van der Waals surface area contributed by atoms with Gasteiger partial charge in [0.15, 0.2) is 0 Å². The van der Waals surface area contributed by atoms with E-state index in [0.717, 1.165) is 11.9 Å². The maximum absolute atomic E-state index is 5.49. The molecule has 0 atom stereocenters. The van der Waals surface area contributed by atoms with Gasteiger partial charge in [0.05, 0.1) is 5.52 Å². The molecule has 0 amide bonds. The number of nitrogens with two attached hydrogens (primary N) is 1. The number of benzene rings is 1. The molecule has 0 saturated carbocycles. The molecular formula is C11H12N2. The highest BCUT2D eigenvalue weighted by molar-refractivity contribution is 5.78. The van der Waals surface area contributed by atoms with E-state index in [0.29, 0.717) is 6.54 Å². The molecule has 0 fully saturated rings. The number of pyridine rings is 1. The first-order valence-electron chi connectivity index (χ1n) is 4.44. The van der Waals surface area contributed by atoms with Crippen LogP contribution >= 0.6 is 0 Å². The second-order valence-corrected chi connectivity index (χ2v) is 3.07. The fourth-order valence-electron chi connectivity index (χ4n) is 1.45. The topological polar surface area (TPSA) is 38.9 Å². The van der Waals surface area contributed by atoms with Crippen LogP contribution in [0, 0.1) is 0 Å². The van der Waals surface area contributed by atoms with Crippen molar-refractivity contribution in [1.29, 1.82) is 0 Å². The third kappa shape index (κ3) is 1.68. The maximum Gasteiger partial charge on any atom is 0.0702 e. The van der Waals surface area contributed by atoms with Gasteiger partial charge in [-0.2, -0.15) is 0 Å². The molecule has 0 aliphatic heterocycles. The number of hydrogen-bond donors (Lipinski definition) is 1. The Morgan fingerprint density at radius 1 is 1.23 bits per heavy atom. The van der Waals surface area contributed by atoms with E-state index in [9.17, 15) is 0 Å². The van der Waals surface area contributed by atoms with Crippen molar-refractivity contribution in [2.75, 3.05) is 6.54 Å². The van der Waals surface area contributed by atoms with Gasteiger partial charge >= 0.3 is 0 Å². The summed E-state index contributed by atoms with van der Waals surface area (Å²) in [5, 5.41) is 1.19. The van der Waals surface area contributed by atoms with Crippen LogP contribution in [0.3, 0.4) is 0 Å². The molecule has 2 N–H and O–H groups in total. The quantitative estimate of drug-likeness (QED) is 0.749.